The molecular weight excluding hydrogens is 238 g/mol. The number of benzene rings is 1. The Balaban J connectivity index is 2.53. The van der Waals surface area contributed by atoms with Gasteiger partial charge >= 0.3 is 0 Å². The molecule has 0 spiro atoms. The molecule has 0 saturated heterocycles. The summed E-state index contributed by atoms with van der Waals surface area (Å²) in [6.07, 6.45) is 0. The van der Waals surface area contributed by atoms with E-state index in [9.17, 15) is 4.79 Å². The lowest BCUT2D eigenvalue weighted by molar-refractivity contribution is -0.119. The average molecular weight is 254 g/mol. The molecule has 1 aromatic rings. The van der Waals surface area contributed by atoms with E-state index in [1.165, 1.54) is 0 Å². The van der Waals surface area contributed by atoms with Crippen LogP contribution in [0.5, 0.6) is 0 Å². The van der Waals surface area contributed by atoms with Gasteiger partial charge < -0.3 is 5.32 Å². The van der Waals surface area contributed by atoms with Crippen molar-refractivity contribution in [3.63, 3.8) is 0 Å². The highest BCUT2D eigenvalue weighted by Gasteiger charge is 2.04. The zero-order valence-corrected chi connectivity index (χ0v) is 10.9. The van der Waals surface area contributed by atoms with Crippen molar-refractivity contribution in [2.75, 3.05) is 11.9 Å². The first-order valence-electron chi connectivity index (χ1n) is 5.29. The lowest BCUT2D eigenvalue weighted by Crippen LogP contribution is -2.26. The number of halogens is 1. The molecule has 0 unspecified atom stereocenters. The van der Waals surface area contributed by atoms with Crippen LogP contribution < -0.4 is 10.7 Å². The fourth-order valence-corrected chi connectivity index (χ4v) is 1.36. The molecule has 0 saturated carbocycles. The summed E-state index contributed by atoms with van der Waals surface area (Å²) in [6.45, 7) is 5.69. The summed E-state index contributed by atoms with van der Waals surface area (Å²) in [4.78, 5) is 11.4. The van der Waals surface area contributed by atoms with Crippen molar-refractivity contribution in [1.29, 1.82) is 0 Å². The molecule has 0 aliphatic rings. The van der Waals surface area contributed by atoms with E-state index in [0.717, 1.165) is 17.0 Å². The number of carbonyl (C=O) groups is 1. The van der Waals surface area contributed by atoms with Crippen molar-refractivity contribution in [1.82, 2.24) is 5.43 Å². The fraction of sp³-hybridized carbons (Fsp3) is 0.333. The lowest BCUT2D eigenvalue weighted by atomic mass is 10.2. The Hall–Kier alpha value is -1.55. The minimum Gasteiger partial charge on any atom is -0.376 e. The van der Waals surface area contributed by atoms with Crippen LogP contribution in [0.15, 0.2) is 23.3 Å². The van der Waals surface area contributed by atoms with E-state index in [-0.39, 0.29) is 12.5 Å². The number of hydrogen-bond donors (Lipinski definition) is 2. The Kier molecular flexibility index (Phi) is 4.97. The van der Waals surface area contributed by atoms with Gasteiger partial charge in [0.25, 0.3) is 5.91 Å². The first-order chi connectivity index (χ1) is 8.00. The zero-order chi connectivity index (χ0) is 12.8. The van der Waals surface area contributed by atoms with Gasteiger partial charge in [0, 0.05) is 16.4 Å². The Morgan fingerprint density at radius 1 is 1.41 bits per heavy atom. The molecule has 92 valence electrons. The number of hydrazone groups is 1. The van der Waals surface area contributed by atoms with Gasteiger partial charge in [-0.2, -0.15) is 5.10 Å². The van der Waals surface area contributed by atoms with Crippen molar-refractivity contribution in [2.45, 2.75) is 20.8 Å². The molecule has 0 heterocycles. The topological polar surface area (TPSA) is 53.5 Å². The van der Waals surface area contributed by atoms with Gasteiger partial charge in [0.1, 0.15) is 0 Å². The molecular formula is C12H16ClN3O. The van der Waals surface area contributed by atoms with E-state index in [0.29, 0.717) is 5.02 Å². The minimum atomic E-state index is -0.189. The van der Waals surface area contributed by atoms with Gasteiger partial charge in [-0.3, -0.25) is 4.79 Å². The van der Waals surface area contributed by atoms with Crippen LogP contribution in [0, 0.1) is 6.92 Å². The average Bonchev–Trinajstić information content (AvgIpc) is 2.28. The maximum absolute atomic E-state index is 11.4. The summed E-state index contributed by atoms with van der Waals surface area (Å²) in [5, 5.41) is 7.52. The number of nitrogens with one attached hydrogen (secondary N) is 2. The molecule has 0 aromatic heterocycles. The summed E-state index contributed by atoms with van der Waals surface area (Å²) < 4.78 is 0. The van der Waals surface area contributed by atoms with E-state index in [2.05, 4.69) is 15.8 Å². The van der Waals surface area contributed by atoms with Gasteiger partial charge in [0.2, 0.25) is 0 Å². The first-order valence-corrected chi connectivity index (χ1v) is 5.67. The normalized spacial score (nSPS) is 9.65. The zero-order valence-electron chi connectivity index (χ0n) is 10.2. The summed E-state index contributed by atoms with van der Waals surface area (Å²) in [6, 6.07) is 5.53. The number of hydrogen-bond acceptors (Lipinski definition) is 3. The Morgan fingerprint density at radius 2 is 2.12 bits per heavy atom. The third-order valence-electron chi connectivity index (χ3n) is 2.11. The molecule has 1 aromatic carbocycles. The molecule has 2 N–H and O–H groups in total. The third-order valence-corrected chi connectivity index (χ3v) is 2.52. The number of anilines is 1. The minimum absolute atomic E-state index is 0.165. The van der Waals surface area contributed by atoms with Crippen molar-refractivity contribution >= 4 is 28.9 Å². The predicted molar refractivity (Wildman–Crippen MR) is 71.6 cm³/mol. The first kappa shape index (κ1) is 13.5. The quantitative estimate of drug-likeness (QED) is 0.640. The van der Waals surface area contributed by atoms with E-state index in [1.54, 1.807) is 0 Å². The Bertz CT molecular complexity index is 439. The lowest BCUT2D eigenvalue weighted by Gasteiger charge is -2.09. The van der Waals surface area contributed by atoms with E-state index in [4.69, 9.17) is 11.6 Å². The van der Waals surface area contributed by atoms with Gasteiger partial charge in [-0.15, -0.1) is 0 Å². The number of nitrogens with zero attached hydrogens (tertiary/aromatic N) is 1. The molecule has 1 rings (SSSR count). The van der Waals surface area contributed by atoms with Crippen LogP contribution in [-0.2, 0) is 4.79 Å². The molecule has 1 amide bonds. The molecule has 0 aliphatic heterocycles. The molecule has 5 heteroatoms. The monoisotopic (exact) mass is 253 g/mol. The van der Waals surface area contributed by atoms with Crippen LogP contribution in [-0.4, -0.2) is 18.2 Å². The van der Waals surface area contributed by atoms with E-state index < -0.39 is 0 Å². The van der Waals surface area contributed by atoms with Crippen LogP contribution in [0.2, 0.25) is 5.02 Å². The highest BCUT2D eigenvalue weighted by molar-refractivity contribution is 6.31. The second-order valence-electron chi connectivity index (χ2n) is 3.86. The summed E-state index contributed by atoms with van der Waals surface area (Å²) in [5.74, 6) is -0.189. The van der Waals surface area contributed by atoms with Gasteiger partial charge in [0.05, 0.1) is 6.54 Å². The number of rotatable bonds is 4. The molecule has 4 nitrogen and oxygen atoms in total. The van der Waals surface area contributed by atoms with Crippen LogP contribution in [0.1, 0.15) is 19.4 Å². The molecule has 0 fully saturated rings. The third kappa shape index (κ3) is 4.44. The van der Waals surface area contributed by atoms with Gasteiger partial charge in [-0.05, 0) is 38.5 Å². The van der Waals surface area contributed by atoms with Crippen LogP contribution in [0.4, 0.5) is 5.69 Å². The molecule has 0 bridgehead atoms. The Labute approximate surface area is 106 Å². The van der Waals surface area contributed by atoms with Crippen molar-refractivity contribution < 1.29 is 4.79 Å². The Morgan fingerprint density at radius 3 is 2.76 bits per heavy atom. The van der Waals surface area contributed by atoms with E-state index >= 15 is 0 Å². The summed E-state index contributed by atoms with van der Waals surface area (Å²) >= 11 is 5.97. The standard InChI is InChI=1S/C12H16ClN3O/c1-8(2)15-16-12(17)7-14-11-6-4-5-10(13)9(11)3/h4-6,14H,7H2,1-3H3,(H,16,17). The smallest absolute Gasteiger partial charge is 0.259 e. The van der Waals surface area contributed by atoms with Crippen molar-refractivity contribution in [2.24, 2.45) is 5.10 Å². The SMILES string of the molecule is CC(C)=NNC(=O)CNc1cccc(Cl)c1C. The predicted octanol–water partition coefficient (Wildman–Crippen LogP) is 2.57. The highest BCUT2D eigenvalue weighted by atomic mass is 35.5. The maximum Gasteiger partial charge on any atom is 0.259 e. The number of amides is 1. The molecule has 17 heavy (non-hydrogen) atoms. The second kappa shape index (κ2) is 6.25. The number of carbonyl (C=O) groups excluding carboxylic acids is 1. The highest BCUT2D eigenvalue weighted by Crippen LogP contribution is 2.22. The largest absolute Gasteiger partial charge is 0.376 e. The van der Waals surface area contributed by atoms with Crippen LogP contribution >= 0.6 is 11.6 Å². The fourth-order valence-electron chi connectivity index (χ4n) is 1.19. The van der Waals surface area contributed by atoms with Gasteiger partial charge in [0.15, 0.2) is 0 Å². The molecule has 0 radical (unpaired) electrons. The summed E-state index contributed by atoms with van der Waals surface area (Å²) in [7, 11) is 0. The van der Waals surface area contributed by atoms with Gasteiger partial charge in [-0.25, -0.2) is 5.43 Å². The second-order valence-corrected chi connectivity index (χ2v) is 4.27. The molecule has 0 aliphatic carbocycles. The van der Waals surface area contributed by atoms with Crippen LogP contribution in [0.25, 0.3) is 0 Å². The van der Waals surface area contributed by atoms with Crippen molar-refractivity contribution in [3.05, 3.63) is 28.8 Å². The van der Waals surface area contributed by atoms with Crippen molar-refractivity contribution in [3.8, 4) is 0 Å². The molecule has 0 atom stereocenters. The summed E-state index contributed by atoms with van der Waals surface area (Å²) in [5.41, 5.74) is 5.02. The van der Waals surface area contributed by atoms with E-state index in [1.807, 2.05) is 39.0 Å². The van der Waals surface area contributed by atoms with Gasteiger partial charge in [-0.1, -0.05) is 17.7 Å². The van der Waals surface area contributed by atoms with Crippen LogP contribution in [0.3, 0.4) is 0 Å². The maximum atomic E-state index is 11.4.